The summed E-state index contributed by atoms with van der Waals surface area (Å²) in [5.41, 5.74) is 1.16. The van der Waals surface area contributed by atoms with Gasteiger partial charge >= 0.3 is 0 Å². The molecule has 1 aromatic rings. The molecule has 0 saturated carbocycles. The number of nitrogens with one attached hydrogen (secondary N) is 1. The van der Waals surface area contributed by atoms with Crippen molar-refractivity contribution in [2.75, 3.05) is 6.54 Å². The Labute approximate surface area is 89.8 Å². The van der Waals surface area contributed by atoms with E-state index in [1.807, 2.05) is 0 Å². The number of hydrogen-bond donors (Lipinski definition) is 1. The van der Waals surface area contributed by atoms with Crippen molar-refractivity contribution < 1.29 is 0 Å². The Morgan fingerprint density at radius 1 is 1.64 bits per heavy atom. The van der Waals surface area contributed by atoms with Crippen molar-refractivity contribution in [3.05, 3.63) is 16.1 Å². The fourth-order valence-electron chi connectivity index (χ4n) is 2.08. The molecule has 1 fully saturated rings. The van der Waals surface area contributed by atoms with E-state index in [-0.39, 0.29) is 0 Å². The zero-order valence-electron chi connectivity index (χ0n) is 8.92. The van der Waals surface area contributed by atoms with Gasteiger partial charge in [0.25, 0.3) is 0 Å². The second kappa shape index (κ2) is 4.41. The van der Waals surface area contributed by atoms with E-state index in [0.717, 1.165) is 18.0 Å². The number of aromatic nitrogens is 1. The highest BCUT2D eigenvalue weighted by molar-refractivity contribution is 7.09. The van der Waals surface area contributed by atoms with E-state index in [4.69, 9.17) is 0 Å². The summed E-state index contributed by atoms with van der Waals surface area (Å²) < 4.78 is 0. The van der Waals surface area contributed by atoms with Crippen LogP contribution in [0.2, 0.25) is 0 Å². The van der Waals surface area contributed by atoms with Crippen LogP contribution in [0, 0.1) is 12.8 Å². The van der Waals surface area contributed by atoms with Crippen LogP contribution in [0.25, 0.3) is 0 Å². The molecule has 14 heavy (non-hydrogen) atoms. The van der Waals surface area contributed by atoms with Crippen LogP contribution in [0.5, 0.6) is 0 Å². The minimum absolute atomic E-state index is 0.657. The minimum atomic E-state index is 0.657. The van der Waals surface area contributed by atoms with Gasteiger partial charge in [-0.25, -0.2) is 4.98 Å². The molecule has 0 radical (unpaired) electrons. The highest BCUT2D eigenvalue weighted by atomic mass is 32.1. The van der Waals surface area contributed by atoms with Gasteiger partial charge in [0.05, 0.1) is 5.01 Å². The van der Waals surface area contributed by atoms with Gasteiger partial charge in [0.2, 0.25) is 0 Å². The molecule has 1 aliphatic rings. The van der Waals surface area contributed by atoms with E-state index >= 15 is 0 Å². The average molecular weight is 210 g/mol. The standard InChI is InChI=1S/C11H18N2S/c1-8-3-4-12-10(5-8)6-11-13-9(2)7-14-11/h7-8,10,12H,3-6H2,1-2H3. The van der Waals surface area contributed by atoms with Crippen molar-refractivity contribution in [2.24, 2.45) is 5.92 Å². The number of hydrogen-bond acceptors (Lipinski definition) is 3. The molecule has 78 valence electrons. The third-order valence-electron chi connectivity index (χ3n) is 2.84. The molecule has 0 amide bonds. The van der Waals surface area contributed by atoms with Crippen molar-refractivity contribution >= 4 is 11.3 Å². The highest BCUT2D eigenvalue weighted by Gasteiger charge is 2.19. The van der Waals surface area contributed by atoms with Crippen LogP contribution in [0.4, 0.5) is 0 Å². The SMILES string of the molecule is Cc1csc(CC2CC(C)CCN2)n1. The topological polar surface area (TPSA) is 24.9 Å². The van der Waals surface area contributed by atoms with Crippen LogP contribution >= 0.6 is 11.3 Å². The van der Waals surface area contributed by atoms with Gasteiger partial charge in [0.15, 0.2) is 0 Å². The summed E-state index contributed by atoms with van der Waals surface area (Å²) in [6, 6.07) is 0.657. The molecule has 2 unspecified atom stereocenters. The molecule has 3 heteroatoms. The maximum atomic E-state index is 4.51. The predicted octanol–water partition coefficient (Wildman–Crippen LogP) is 2.38. The Morgan fingerprint density at radius 2 is 2.50 bits per heavy atom. The Bertz CT molecular complexity index is 295. The molecule has 0 spiro atoms. The van der Waals surface area contributed by atoms with E-state index in [1.54, 1.807) is 11.3 Å². The van der Waals surface area contributed by atoms with Gasteiger partial charge in [-0.1, -0.05) is 6.92 Å². The molecule has 1 aromatic heterocycles. The van der Waals surface area contributed by atoms with Crippen LogP contribution in [-0.4, -0.2) is 17.6 Å². The maximum absolute atomic E-state index is 4.51. The summed E-state index contributed by atoms with van der Waals surface area (Å²) in [6.07, 6.45) is 3.74. The normalized spacial score (nSPS) is 27.9. The average Bonchev–Trinajstić information content (AvgIpc) is 2.51. The summed E-state index contributed by atoms with van der Waals surface area (Å²) in [5.74, 6) is 0.877. The van der Waals surface area contributed by atoms with Gasteiger partial charge in [0, 0.05) is 23.5 Å². The summed E-state index contributed by atoms with van der Waals surface area (Å²) in [7, 11) is 0. The Balaban J connectivity index is 1.90. The fourth-order valence-corrected chi connectivity index (χ4v) is 2.94. The van der Waals surface area contributed by atoms with Crippen molar-refractivity contribution in [3.63, 3.8) is 0 Å². The zero-order chi connectivity index (χ0) is 9.97. The molecule has 1 saturated heterocycles. The molecular formula is C11H18N2S. The van der Waals surface area contributed by atoms with E-state index < -0.39 is 0 Å². The molecule has 2 rings (SSSR count). The largest absolute Gasteiger partial charge is 0.314 e. The monoisotopic (exact) mass is 210 g/mol. The predicted molar refractivity (Wildman–Crippen MR) is 60.7 cm³/mol. The Morgan fingerprint density at radius 3 is 3.14 bits per heavy atom. The highest BCUT2D eigenvalue weighted by Crippen LogP contribution is 2.19. The third kappa shape index (κ3) is 2.55. The quantitative estimate of drug-likeness (QED) is 0.810. The first-order valence-electron chi connectivity index (χ1n) is 5.38. The molecule has 2 nitrogen and oxygen atoms in total. The first kappa shape index (κ1) is 10.1. The van der Waals surface area contributed by atoms with E-state index in [2.05, 4.69) is 29.5 Å². The summed E-state index contributed by atoms with van der Waals surface area (Å²) in [4.78, 5) is 4.51. The number of nitrogens with zero attached hydrogens (tertiary/aromatic N) is 1. The minimum Gasteiger partial charge on any atom is -0.314 e. The van der Waals surface area contributed by atoms with Crippen molar-refractivity contribution in [3.8, 4) is 0 Å². The molecule has 1 N–H and O–H groups in total. The molecule has 2 atom stereocenters. The van der Waals surface area contributed by atoms with Crippen LogP contribution in [0.15, 0.2) is 5.38 Å². The summed E-state index contributed by atoms with van der Waals surface area (Å²) in [5, 5.41) is 7.00. The van der Waals surface area contributed by atoms with E-state index in [0.29, 0.717) is 6.04 Å². The molecule has 2 heterocycles. The molecule has 0 aliphatic carbocycles. The van der Waals surface area contributed by atoms with Crippen molar-refractivity contribution in [2.45, 2.75) is 39.2 Å². The van der Waals surface area contributed by atoms with Crippen LogP contribution < -0.4 is 5.32 Å². The van der Waals surface area contributed by atoms with Gasteiger partial charge in [-0.15, -0.1) is 11.3 Å². The second-order valence-corrected chi connectivity index (χ2v) is 5.31. The van der Waals surface area contributed by atoms with Gasteiger partial charge in [-0.2, -0.15) is 0 Å². The first-order chi connectivity index (χ1) is 6.74. The lowest BCUT2D eigenvalue weighted by atomic mass is 9.93. The Kier molecular flexibility index (Phi) is 3.19. The van der Waals surface area contributed by atoms with Gasteiger partial charge in [-0.05, 0) is 32.2 Å². The molecule has 0 aromatic carbocycles. The van der Waals surface area contributed by atoms with Gasteiger partial charge in [0.1, 0.15) is 0 Å². The number of aryl methyl sites for hydroxylation is 1. The fraction of sp³-hybridized carbons (Fsp3) is 0.727. The van der Waals surface area contributed by atoms with E-state index in [1.165, 1.54) is 24.4 Å². The maximum Gasteiger partial charge on any atom is 0.0943 e. The second-order valence-electron chi connectivity index (χ2n) is 4.37. The third-order valence-corrected chi connectivity index (χ3v) is 3.83. The van der Waals surface area contributed by atoms with Crippen LogP contribution in [-0.2, 0) is 6.42 Å². The lowest BCUT2D eigenvalue weighted by Crippen LogP contribution is -2.38. The molecule has 0 bridgehead atoms. The summed E-state index contributed by atoms with van der Waals surface area (Å²) in [6.45, 7) is 5.59. The smallest absolute Gasteiger partial charge is 0.0943 e. The Hall–Kier alpha value is -0.410. The number of piperidine rings is 1. The van der Waals surface area contributed by atoms with Crippen LogP contribution in [0.3, 0.4) is 0 Å². The van der Waals surface area contributed by atoms with Crippen molar-refractivity contribution in [1.82, 2.24) is 10.3 Å². The number of thiazole rings is 1. The van der Waals surface area contributed by atoms with Crippen LogP contribution in [0.1, 0.15) is 30.5 Å². The molecular weight excluding hydrogens is 192 g/mol. The lowest BCUT2D eigenvalue weighted by Gasteiger charge is -2.27. The summed E-state index contributed by atoms with van der Waals surface area (Å²) >= 11 is 1.79. The van der Waals surface area contributed by atoms with Gasteiger partial charge < -0.3 is 5.32 Å². The number of rotatable bonds is 2. The lowest BCUT2D eigenvalue weighted by molar-refractivity contribution is 0.318. The molecule has 1 aliphatic heterocycles. The first-order valence-corrected chi connectivity index (χ1v) is 6.26. The zero-order valence-corrected chi connectivity index (χ0v) is 9.73. The van der Waals surface area contributed by atoms with Gasteiger partial charge in [-0.3, -0.25) is 0 Å². The van der Waals surface area contributed by atoms with E-state index in [9.17, 15) is 0 Å². The van der Waals surface area contributed by atoms with Crippen molar-refractivity contribution in [1.29, 1.82) is 0 Å².